The third kappa shape index (κ3) is 5.50. The SMILES string of the molecule is CC(C)(C)OC(=O)N(c1ccc2c(c1)C(I)(C(=O)O)N=N2)S(=O)(=O)c1ccccc1OC(F)(F)F. The summed E-state index contributed by atoms with van der Waals surface area (Å²) in [6, 6.07) is 7.25. The Labute approximate surface area is 210 Å². The second-order valence-corrected chi connectivity index (χ2v) is 11.4. The summed E-state index contributed by atoms with van der Waals surface area (Å²) in [5.74, 6) is -2.48. The van der Waals surface area contributed by atoms with Crippen molar-refractivity contribution in [3.05, 3.63) is 48.0 Å². The molecule has 1 heterocycles. The lowest BCUT2D eigenvalue weighted by molar-refractivity contribution is -0.275. The molecule has 0 spiro atoms. The number of fused-ring (bicyclic) bond motifs is 1. The van der Waals surface area contributed by atoms with Crippen LogP contribution in [0.5, 0.6) is 5.75 Å². The largest absolute Gasteiger partial charge is 0.573 e. The number of aliphatic carboxylic acids is 1. The molecule has 3 rings (SSSR count). The number of carboxylic acids is 1. The predicted octanol–water partition coefficient (Wildman–Crippen LogP) is 5.49. The molecule has 15 heteroatoms. The van der Waals surface area contributed by atoms with E-state index in [1.54, 1.807) is 0 Å². The van der Waals surface area contributed by atoms with E-state index in [4.69, 9.17) is 4.74 Å². The van der Waals surface area contributed by atoms with Gasteiger partial charge in [0.15, 0.2) is 0 Å². The van der Waals surface area contributed by atoms with E-state index in [2.05, 4.69) is 15.0 Å². The Balaban J connectivity index is 2.22. The first-order valence-corrected chi connectivity index (χ1v) is 12.1. The Morgan fingerprint density at radius 2 is 1.74 bits per heavy atom. The number of para-hydroxylation sites is 1. The number of sulfonamides is 1. The minimum absolute atomic E-state index is 0.0494. The van der Waals surface area contributed by atoms with Gasteiger partial charge in [0, 0.05) is 5.56 Å². The lowest BCUT2D eigenvalue weighted by Crippen LogP contribution is -2.41. The molecule has 0 aliphatic carbocycles. The molecule has 0 bridgehead atoms. The first kappa shape index (κ1) is 26.7. The fourth-order valence-corrected chi connectivity index (χ4v) is 4.93. The number of carbonyl (C=O) groups excluding carboxylic acids is 1. The van der Waals surface area contributed by atoms with Crippen LogP contribution >= 0.6 is 22.6 Å². The predicted molar refractivity (Wildman–Crippen MR) is 123 cm³/mol. The van der Waals surface area contributed by atoms with Gasteiger partial charge in [-0.05, 0) is 73.7 Å². The number of carboxylic acid groups (broad SMARTS) is 1. The number of benzene rings is 2. The second kappa shape index (κ2) is 8.92. The molecule has 1 N–H and O–H groups in total. The standard InChI is InChI=1S/C20H17F3IN3O7S/c1-18(2,3)34-17(30)27(11-8-9-13-12(10-11)19(24,16(28)29)26-25-13)35(31,32)15-7-5-4-6-14(15)33-20(21,22)23/h4-10H,1-3H3,(H,28,29). The lowest BCUT2D eigenvalue weighted by atomic mass is 10.1. The smallest absolute Gasteiger partial charge is 0.479 e. The Kier molecular flexibility index (Phi) is 6.80. The van der Waals surface area contributed by atoms with Crippen LogP contribution in [0, 0.1) is 0 Å². The quantitative estimate of drug-likeness (QED) is 0.263. The summed E-state index contributed by atoms with van der Waals surface area (Å²) in [5.41, 5.74) is -1.54. The summed E-state index contributed by atoms with van der Waals surface area (Å²) < 4.78 is 73.2. The molecular weight excluding hydrogens is 610 g/mol. The first-order valence-electron chi connectivity index (χ1n) is 9.58. The van der Waals surface area contributed by atoms with Gasteiger partial charge in [-0.2, -0.15) is 14.5 Å². The van der Waals surface area contributed by atoms with E-state index in [0.717, 1.165) is 36.4 Å². The van der Waals surface area contributed by atoms with Crippen molar-refractivity contribution < 1.29 is 45.8 Å². The maximum absolute atomic E-state index is 13.6. The van der Waals surface area contributed by atoms with Crippen LogP contribution in [0.3, 0.4) is 0 Å². The molecule has 2 aromatic carbocycles. The summed E-state index contributed by atoms with van der Waals surface area (Å²) in [6.45, 7) is 4.37. The number of anilines is 1. The van der Waals surface area contributed by atoms with Gasteiger partial charge < -0.3 is 14.6 Å². The summed E-state index contributed by atoms with van der Waals surface area (Å²) in [7, 11) is -5.08. The molecule has 1 unspecified atom stereocenters. The molecule has 0 saturated carbocycles. The van der Waals surface area contributed by atoms with Crippen molar-refractivity contribution in [2.75, 3.05) is 4.31 Å². The Morgan fingerprint density at radius 1 is 1.11 bits per heavy atom. The summed E-state index contributed by atoms with van der Waals surface area (Å²) in [5, 5.41) is 17.0. The highest BCUT2D eigenvalue weighted by molar-refractivity contribution is 14.1. The third-order valence-electron chi connectivity index (χ3n) is 4.30. The fourth-order valence-electron chi connectivity index (χ4n) is 2.95. The molecule has 188 valence electrons. The van der Waals surface area contributed by atoms with Gasteiger partial charge in [-0.15, -0.1) is 13.2 Å². The molecule has 1 aliphatic heterocycles. The number of halogens is 4. The van der Waals surface area contributed by atoms with Gasteiger partial charge in [-0.3, -0.25) is 0 Å². The summed E-state index contributed by atoms with van der Waals surface area (Å²) >= 11 is 1.49. The Hall–Kier alpha value is -2.95. The zero-order valence-electron chi connectivity index (χ0n) is 18.2. The molecular formula is C20H17F3IN3O7S. The molecule has 0 fully saturated rings. The maximum atomic E-state index is 13.6. The van der Waals surface area contributed by atoms with Crippen LogP contribution in [-0.2, 0) is 23.1 Å². The number of carbonyl (C=O) groups is 2. The number of rotatable bonds is 5. The Morgan fingerprint density at radius 3 is 2.31 bits per heavy atom. The summed E-state index contributed by atoms with van der Waals surface area (Å²) in [6.07, 6.45) is -6.66. The topological polar surface area (TPSA) is 135 Å². The van der Waals surface area contributed by atoms with Crippen molar-refractivity contribution in [2.45, 2.75) is 41.2 Å². The molecule has 1 aliphatic rings. The average Bonchev–Trinajstić information content (AvgIpc) is 3.03. The van der Waals surface area contributed by atoms with Gasteiger partial charge in [-0.1, -0.05) is 12.1 Å². The summed E-state index contributed by atoms with van der Waals surface area (Å²) in [4.78, 5) is 23.9. The maximum Gasteiger partial charge on any atom is 0.573 e. The lowest BCUT2D eigenvalue weighted by Gasteiger charge is -2.28. The van der Waals surface area contributed by atoms with Gasteiger partial charge >= 0.3 is 18.4 Å². The number of hydrogen-bond acceptors (Lipinski definition) is 8. The van der Waals surface area contributed by atoms with Crippen molar-refractivity contribution in [1.29, 1.82) is 0 Å². The van der Waals surface area contributed by atoms with E-state index in [-0.39, 0.29) is 15.6 Å². The van der Waals surface area contributed by atoms with Crippen LogP contribution in [0.1, 0.15) is 26.3 Å². The molecule has 35 heavy (non-hydrogen) atoms. The Bertz CT molecular complexity index is 1330. The van der Waals surface area contributed by atoms with E-state index < -0.39 is 53.9 Å². The first-order chi connectivity index (χ1) is 16.0. The minimum atomic E-state index is -5.22. The van der Waals surface area contributed by atoms with Crippen LogP contribution < -0.4 is 9.04 Å². The van der Waals surface area contributed by atoms with E-state index in [1.807, 2.05) is 0 Å². The highest BCUT2D eigenvalue weighted by Crippen LogP contribution is 2.47. The van der Waals surface area contributed by atoms with Gasteiger partial charge in [0.25, 0.3) is 13.6 Å². The molecule has 0 radical (unpaired) electrons. The molecule has 1 atom stereocenters. The molecule has 2 aromatic rings. The van der Waals surface area contributed by atoms with Crippen molar-refractivity contribution in [3.63, 3.8) is 0 Å². The van der Waals surface area contributed by atoms with Crippen molar-refractivity contribution in [2.24, 2.45) is 10.2 Å². The fraction of sp³-hybridized carbons (Fsp3) is 0.300. The molecule has 0 saturated heterocycles. The van der Waals surface area contributed by atoms with Crippen molar-refractivity contribution in [3.8, 4) is 5.75 Å². The number of amides is 1. The highest BCUT2D eigenvalue weighted by atomic mass is 127. The molecule has 10 nitrogen and oxygen atoms in total. The zero-order valence-corrected chi connectivity index (χ0v) is 21.2. The van der Waals surface area contributed by atoms with Gasteiger partial charge in [-0.25, -0.2) is 18.0 Å². The van der Waals surface area contributed by atoms with Crippen LogP contribution in [-0.4, -0.2) is 37.6 Å². The minimum Gasteiger partial charge on any atom is -0.479 e. The second-order valence-electron chi connectivity index (χ2n) is 8.07. The monoisotopic (exact) mass is 627 g/mol. The number of hydrogen-bond donors (Lipinski definition) is 1. The van der Waals surface area contributed by atoms with Crippen LogP contribution in [0.15, 0.2) is 57.6 Å². The van der Waals surface area contributed by atoms with Crippen molar-refractivity contribution in [1.82, 2.24) is 0 Å². The van der Waals surface area contributed by atoms with Crippen molar-refractivity contribution >= 4 is 56.1 Å². The van der Waals surface area contributed by atoms with E-state index in [0.29, 0.717) is 0 Å². The van der Waals surface area contributed by atoms with Gasteiger partial charge in [0.1, 0.15) is 16.2 Å². The van der Waals surface area contributed by atoms with E-state index in [9.17, 15) is 36.3 Å². The van der Waals surface area contributed by atoms with Crippen LogP contribution in [0.4, 0.5) is 29.3 Å². The normalized spacial score (nSPS) is 17.6. The van der Waals surface area contributed by atoms with Crippen LogP contribution in [0.2, 0.25) is 0 Å². The van der Waals surface area contributed by atoms with Gasteiger partial charge in [0.2, 0.25) is 0 Å². The van der Waals surface area contributed by atoms with E-state index >= 15 is 0 Å². The number of alkyl halides is 4. The average molecular weight is 627 g/mol. The number of azo groups is 1. The van der Waals surface area contributed by atoms with E-state index in [1.165, 1.54) is 49.4 Å². The van der Waals surface area contributed by atoms with Gasteiger partial charge in [0.05, 0.1) is 11.4 Å². The zero-order chi connectivity index (χ0) is 26.4. The molecule has 1 amide bonds. The van der Waals surface area contributed by atoms with Crippen LogP contribution in [0.25, 0.3) is 0 Å². The number of nitrogens with zero attached hydrogens (tertiary/aromatic N) is 3. The highest BCUT2D eigenvalue weighted by Gasteiger charge is 2.45. The molecule has 0 aromatic heterocycles. The number of ether oxygens (including phenoxy) is 2. The third-order valence-corrected chi connectivity index (χ3v) is 7.29.